The number of aromatic nitrogens is 2. The van der Waals surface area contributed by atoms with Crippen LogP contribution >= 0.6 is 0 Å². The molecule has 0 amide bonds. The molecule has 0 saturated carbocycles. The second-order valence-corrected chi connectivity index (χ2v) is 8.60. The molecule has 3 aromatic rings. The molecule has 2 N–H and O–H groups in total. The topological polar surface area (TPSA) is 89.2 Å². The van der Waals surface area contributed by atoms with E-state index in [2.05, 4.69) is 9.97 Å². The van der Waals surface area contributed by atoms with Gasteiger partial charge in [0.05, 0.1) is 16.8 Å². The molecule has 1 atom stereocenters. The predicted molar refractivity (Wildman–Crippen MR) is 104 cm³/mol. The highest BCUT2D eigenvalue weighted by molar-refractivity contribution is 7.89. The van der Waals surface area contributed by atoms with Gasteiger partial charge >= 0.3 is 0 Å². The largest absolute Gasteiger partial charge is 0.326 e. The molecule has 0 unspecified atom stereocenters. The van der Waals surface area contributed by atoms with Crippen molar-refractivity contribution in [2.24, 2.45) is 5.73 Å². The summed E-state index contributed by atoms with van der Waals surface area (Å²) in [5.74, 6) is -0.492. The van der Waals surface area contributed by atoms with E-state index in [-0.39, 0.29) is 17.5 Å². The second kappa shape index (κ2) is 7.38. The molecule has 1 saturated heterocycles. The molecule has 1 aliphatic rings. The number of nitrogens with two attached hydrogens (primary N) is 1. The first-order chi connectivity index (χ1) is 13.5. The Morgan fingerprint density at radius 2 is 1.93 bits per heavy atom. The van der Waals surface area contributed by atoms with Crippen LogP contribution in [-0.4, -0.2) is 41.8 Å². The summed E-state index contributed by atoms with van der Waals surface area (Å²) < 4.78 is 42.4. The number of hydrogen-bond acceptors (Lipinski definition) is 5. The quantitative estimate of drug-likeness (QED) is 0.730. The van der Waals surface area contributed by atoms with Crippen LogP contribution in [0.1, 0.15) is 6.42 Å². The van der Waals surface area contributed by atoms with Crippen LogP contribution in [0.2, 0.25) is 0 Å². The Balaban J connectivity index is 1.76. The van der Waals surface area contributed by atoms with Gasteiger partial charge in [-0.3, -0.25) is 9.97 Å². The van der Waals surface area contributed by atoms with E-state index in [4.69, 9.17) is 5.73 Å². The molecule has 1 aliphatic heterocycles. The van der Waals surface area contributed by atoms with Crippen molar-refractivity contribution in [3.05, 3.63) is 66.9 Å². The van der Waals surface area contributed by atoms with E-state index >= 15 is 0 Å². The van der Waals surface area contributed by atoms with Gasteiger partial charge in [0.25, 0.3) is 0 Å². The molecule has 1 fully saturated rings. The number of benzene rings is 2. The Kier molecular flexibility index (Phi) is 4.92. The number of hydrogen-bond donors (Lipinski definition) is 1. The average molecular weight is 398 g/mol. The summed E-state index contributed by atoms with van der Waals surface area (Å²) in [6.45, 7) is 0.675. The maximum absolute atomic E-state index is 14.8. The molecule has 8 heteroatoms. The van der Waals surface area contributed by atoms with Crippen molar-refractivity contribution < 1.29 is 12.8 Å². The Labute approximate surface area is 162 Å². The number of halogens is 1. The first-order valence-corrected chi connectivity index (χ1v) is 10.3. The van der Waals surface area contributed by atoms with Gasteiger partial charge in [-0.15, -0.1) is 0 Å². The van der Waals surface area contributed by atoms with Crippen molar-refractivity contribution in [1.29, 1.82) is 0 Å². The Morgan fingerprint density at radius 1 is 1.11 bits per heavy atom. The lowest BCUT2D eigenvalue weighted by atomic mass is 10.0. The van der Waals surface area contributed by atoms with Gasteiger partial charge in [-0.1, -0.05) is 24.3 Å². The van der Waals surface area contributed by atoms with Crippen LogP contribution in [-0.2, 0) is 10.0 Å². The standard InChI is InChI=1S/C20H19FN4O2S/c21-18-11-14(5-6-17(18)19-12-23-8-9-24-19)16-3-1-2-4-20(16)28(26,27)25-10-7-15(22)13-25/h1-6,8-9,11-12,15H,7,10,13,22H2/t15-/m1/s1. The summed E-state index contributed by atoms with van der Waals surface area (Å²) in [5, 5.41) is 0. The molecule has 6 nitrogen and oxygen atoms in total. The molecule has 0 spiro atoms. The second-order valence-electron chi connectivity index (χ2n) is 6.69. The van der Waals surface area contributed by atoms with Gasteiger partial charge in [-0.05, 0) is 30.2 Å². The molecule has 28 heavy (non-hydrogen) atoms. The summed E-state index contributed by atoms with van der Waals surface area (Å²) in [7, 11) is -3.72. The minimum atomic E-state index is -3.72. The third kappa shape index (κ3) is 3.42. The summed E-state index contributed by atoms with van der Waals surface area (Å²) >= 11 is 0. The van der Waals surface area contributed by atoms with E-state index in [1.807, 2.05) is 0 Å². The zero-order valence-corrected chi connectivity index (χ0v) is 15.8. The van der Waals surface area contributed by atoms with Crippen molar-refractivity contribution in [2.75, 3.05) is 13.1 Å². The average Bonchev–Trinajstić information content (AvgIpc) is 3.16. The third-order valence-electron chi connectivity index (χ3n) is 4.81. The molecule has 1 aromatic heterocycles. The fraction of sp³-hybridized carbons (Fsp3) is 0.200. The highest BCUT2D eigenvalue weighted by atomic mass is 32.2. The van der Waals surface area contributed by atoms with Crippen molar-refractivity contribution in [3.63, 3.8) is 0 Å². The predicted octanol–water partition coefficient (Wildman–Crippen LogP) is 2.67. The fourth-order valence-electron chi connectivity index (χ4n) is 3.37. The third-order valence-corrected chi connectivity index (χ3v) is 6.73. The van der Waals surface area contributed by atoms with E-state index in [9.17, 15) is 12.8 Å². The van der Waals surface area contributed by atoms with Crippen LogP contribution in [0.25, 0.3) is 22.4 Å². The molecule has 0 aliphatic carbocycles. The van der Waals surface area contributed by atoms with Crippen molar-refractivity contribution in [3.8, 4) is 22.4 Å². The van der Waals surface area contributed by atoms with E-state index in [1.54, 1.807) is 36.4 Å². The molecular weight excluding hydrogens is 379 g/mol. The summed E-state index contributed by atoms with van der Waals surface area (Å²) in [5.41, 5.74) is 7.53. The monoisotopic (exact) mass is 398 g/mol. The highest BCUT2D eigenvalue weighted by Crippen LogP contribution is 2.33. The Hall–Kier alpha value is -2.68. The number of nitrogens with zero attached hydrogens (tertiary/aromatic N) is 3. The zero-order chi connectivity index (χ0) is 19.7. The molecule has 4 rings (SSSR count). The molecule has 2 heterocycles. The lowest BCUT2D eigenvalue weighted by molar-refractivity contribution is 0.472. The maximum atomic E-state index is 14.8. The van der Waals surface area contributed by atoms with E-state index in [0.29, 0.717) is 35.3 Å². The van der Waals surface area contributed by atoms with E-state index in [1.165, 1.54) is 29.0 Å². The van der Waals surface area contributed by atoms with Crippen LogP contribution in [0, 0.1) is 5.82 Å². The highest BCUT2D eigenvalue weighted by Gasteiger charge is 2.32. The van der Waals surface area contributed by atoms with Gasteiger partial charge in [0.15, 0.2) is 0 Å². The van der Waals surface area contributed by atoms with Gasteiger partial charge < -0.3 is 5.73 Å². The minimum absolute atomic E-state index is 0.149. The molecule has 2 aromatic carbocycles. The molecule has 0 radical (unpaired) electrons. The smallest absolute Gasteiger partial charge is 0.243 e. The lowest BCUT2D eigenvalue weighted by Gasteiger charge is -2.19. The normalized spacial score (nSPS) is 17.7. The first-order valence-electron chi connectivity index (χ1n) is 8.88. The Morgan fingerprint density at radius 3 is 2.61 bits per heavy atom. The van der Waals surface area contributed by atoms with Crippen LogP contribution in [0.3, 0.4) is 0 Å². The van der Waals surface area contributed by atoms with Crippen LogP contribution in [0.5, 0.6) is 0 Å². The SMILES string of the molecule is N[C@@H]1CCN(S(=O)(=O)c2ccccc2-c2ccc(-c3cnccn3)c(F)c2)C1. The van der Waals surface area contributed by atoms with Gasteiger partial charge in [0, 0.05) is 42.7 Å². The van der Waals surface area contributed by atoms with Crippen molar-refractivity contribution in [1.82, 2.24) is 14.3 Å². The minimum Gasteiger partial charge on any atom is -0.326 e. The summed E-state index contributed by atoms with van der Waals surface area (Å²) in [4.78, 5) is 8.22. The molecular formula is C20H19FN4O2S. The van der Waals surface area contributed by atoms with Crippen LogP contribution < -0.4 is 5.73 Å². The van der Waals surface area contributed by atoms with E-state index < -0.39 is 15.8 Å². The van der Waals surface area contributed by atoms with Gasteiger partial charge in [-0.2, -0.15) is 4.31 Å². The first kappa shape index (κ1) is 18.7. The number of sulfonamides is 1. The Bertz CT molecular complexity index is 1110. The number of rotatable bonds is 4. The summed E-state index contributed by atoms with van der Waals surface area (Å²) in [6, 6.07) is 11.1. The zero-order valence-electron chi connectivity index (χ0n) is 15.0. The van der Waals surface area contributed by atoms with Gasteiger partial charge in [0.2, 0.25) is 10.0 Å². The lowest BCUT2D eigenvalue weighted by Crippen LogP contribution is -2.32. The summed E-state index contributed by atoms with van der Waals surface area (Å²) in [6.07, 6.45) is 5.11. The fourth-order valence-corrected chi connectivity index (χ4v) is 5.10. The molecule has 0 bridgehead atoms. The molecule has 144 valence electrons. The maximum Gasteiger partial charge on any atom is 0.243 e. The van der Waals surface area contributed by atoms with Crippen LogP contribution in [0.15, 0.2) is 66.0 Å². The van der Waals surface area contributed by atoms with Crippen LogP contribution in [0.4, 0.5) is 4.39 Å². The van der Waals surface area contributed by atoms with Gasteiger partial charge in [0.1, 0.15) is 5.82 Å². The van der Waals surface area contributed by atoms with Gasteiger partial charge in [-0.25, -0.2) is 12.8 Å². The van der Waals surface area contributed by atoms with Crippen molar-refractivity contribution >= 4 is 10.0 Å². The van der Waals surface area contributed by atoms with Crippen molar-refractivity contribution in [2.45, 2.75) is 17.4 Å². The van der Waals surface area contributed by atoms with E-state index in [0.717, 1.165) is 0 Å².